The lowest BCUT2D eigenvalue weighted by Crippen LogP contribution is -2.40. The van der Waals surface area contributed by atoms with Crippen LogP contribution < -0.4 is 0 Å². The zero-order valence-electron chi connectivity index (χ0n) is 10.00. The zero-order chi connectivity index (χ0) is 11.1. The number of piperidine rings is 1. The van der Waals surface area contributed by atoms with Crippen molar-refractivity contribution >= 4 is 5.97 Å². The summed E-state index contributed by atoms with van der Waals surface area (Å²) in [5.41, 5.74) is 0. The molecule has 1 aliphatic heterocycles. The van der Waals surface area contributed by atoms with Gasteiger partial charge in [-0.25, -0.2) is 0 Å². The minimum Gasteiger partial charge on any atom is -0.469 e. The first-order valence-corrected chi connectivity index (χ1v) is 6.08. The van der Waals surface area contributed by atoms with Crippen molar-refractivity contribution < 1.29 is 9.53 Å². The maximum atomic E-state index is 11.1. The lowest BCUT2D eigenvalue weighted by molar-refractivity contribution is -0.141. The fraction of sp³-hybridized carbons (Fsp3) is 0.917. The van der Waals surface area contributed by atoms with E-state index in [2.05, 4.69) is 16.6 Å². The van der Waals surface area contributed by atoms with Crippen LogP contribution >= 0.6 is 0 Å². The van der Waals surface area contributed by atoms with Gasteiger partial charge in [-0.1, -0.05) is 13.3 Å². The SMILES string of the molecule is CCCN1CCCCC1CCC(=O)OC. The number of likely N-dealkylation sites (tertiary alicyclic amines) is 1. The number of rotatable bonds is 5. The lowest BCUT2D eigenvalue weighted by Gasteiger charge is -2.35. The van der Waals surface area contributed by atoms with E-state index in [0.29, 0.717) is 12.5 Å². The Labute approximate surface area is 92.8 Å². The fourth-order valence-electron chi connectivity index (χ4n) is 2.36. The van der Waals surface area contributed by atoms with Gasteiger partial charge in [-0.2, -0.15) is 0 Å². The first-order chi connectivity index (χ1) is 7.27. The number of carbonyl (C=O) groups is 1. The molecule has 0 spiro atoms. The molecule has 0 aromatic heterocycles. The van der Waals surface area contributed by atoms with Crippen LogP contribution in [0.1, 0.15) is 45.4 Å². The number of nitrogens with zero attached hydrogens (tertiary/aromatic N) is 1. The minimum absolute atomic E-state index is 0.0722. The molecule has 1 saturated heterocycles. The summed E-state index contributed by atoms with van der Waals surface area (Å²) in [5, 5.41) is 0. The number of esters is 1. The van der Waals surface area contributed by atoms with Gasteiger partial charge in [-0.15, -0.1) is 0 Å². The average molecular weight is 213 g/mol. The van der Waals surface area contributed by atoms with E-state index in [1.165, 1.54) is 45.9 Å². The van der Waals surface area contributed by atoms with Gasteiger partial charge in [-0.05, 0) is 38.8 Å². The number of ether oxygens (including phenoxy) is 1. The summed E-state index contributed by atoms with van der Waals surface area (Å²) < 4.78 is 4.68. The van der Waals surface area contributed by atoms with Gasteiger partial charge in [0.05, 0.1) is 7.11 Å². The Kier molecular flexibility index (Phi) is 5.69. The third-order valence-electron chi connectivity index (χ3n) is 3.17. The van der Waals surface area contributed by atoms with Crippen molar-refractivity contribution in [3.63, 3.8) is 0 Å². The molecule has 1 atom stereocenters. The maximum Gasteiger partial charge on any atom is 0.305 e. The van der Waals surface area contributed by atoms with Crippen molar-refractivity contribution in [2.45, 2.75) is 51.5 Å². The Balaban J connectivity index is 2.32. The molecule has 0 bridgehead atoms. The Morgan fingerprint density at radius 3 is 2.93 bits per heavy atom. The molecule has 3 nitrogen and oxygen atoms in total. The third kappa shape index (κ3) is 4.20. The highest BCUT2D eigenvalue weighted by molar-refractivity contribution is 5.69. The zero-order valence-corrected chi connectivity index (χ0v) is 10.00. The molecular formula is C12H23NO2. The summed E-state index contributed by atoms with van der Waals surface area (Å²) in [6, 6.07) is 0.609. The summed E-state index contributed by atoms with van der Waals surface area (Å²) in [6.45, 7) is 4.59. The summed E-state index contributed by atoms with van der Waals surface area (Å²) in [4.78, 5) is 13.6. The average Bonchev–Trinajstić information content (AvgIpc) is 2.28. The largest absolute Gasteiger partial charge is 0.469 e. The molecule has 15 heavy (non-hydrogen) atoms. The van der Waals surface area contributed by atoms with E-state index < -0.39 is 0 Å². The Hall–Kier alpha value is -0.570. The molecule has 1 aliphatic rings. The summed E-state index contributed by atoms with van der Waals surface area (Å²) in [6.07, 6.45) is 6.61. The number of carbonyl (C=O) groups excluding carboxylic acids is 1. The van der Waals surface area contributed by atoms with Crippen LogP contribution in [0.3, 0.4) is 0 Å². The van der Waals surface area contributed by atoms with Crippen molar-refractivity contribution in [1.29, 1.82) is 0 Å². The normalized spacial score (nSPS) is 22.7. The van der Waals surface area contributed by atoms with Crippen LogP contribution in [0.5, 0.6) is 0 Å². The molecule has 0 amide bonds. The predicted molar refractivity (Wildman–Crippen MR) is 60.8 cm³/mol. The summed E-state index contributed by atoms with van der Waals surface area (Å²) in [5.74, 6) is -0.0722. The van der Waals surface area contributed by atoms with Gasteiger partial charge in [0.1, 0.15) is 0 Å². The van der Waals surface area contributed by atoms with Crippen molar-refractivity contribution in [3.8, 4) is 0 Å². The second-order valence-electron chi connectivity index (χ2n) is 4.30. The van der Waals surface area contributed by atoms with Crippen LogP contribution in [-0.2, 0) is 9.53 Å². The highest BCUT2D eigenvalue weighted by Crippen LogP contribution is 2.21. The van der Waals surface area contributed by atoms with Crippen LogP contribution in [0.2, 0.25) is 0 Å². The number of methoxy groups -OCH3 is 1. The van der Waals surface area contributed by atoms with Gasteiger partial charge >= 0.3 is 5.97 Å². The Morgan fingerprint density at radius 2 is 2.27 bits per heavy atom. The van der Waals surface area contributed by atoms with Crippen LogP contribution in [0.25, 0.3) is 0 Å². The highest BCUT2D eigenvalue weighted by atomic mass is 16.5. The van der Waals surface area contributed by atoms with Gasteiger partial charge in [0.15, 0.2) is 0 Å². The molecule has 0 N–H and O–H groups in total. The van der Waals surface area contributed by atoms with Crippen molar-refractivity contribution in [2.75, 3.05) is 20.2 Å². The molecule has 1 heterocycles. The molecular weight excluding hydrogens is 190 g/mol. The van der Waals surface area contributed by atoms with Crippen molar-refractivity contribution in [1.82, 2.24) is 4.90 Å². The molecule has 0 aliphatic carbocycles. The van der Waals surface area contributed by atoms with Gasteiger partial charge < -0.3 is 9.64 Å². The first kappa shape index (κ1) is 12.5. The Bertz CT molecular complexity index is 192. The molecule has 0 aromatic rings. The monoisotopic (exact) mass is 213 g/mol. The quantitative estimate of drug-likeness (QED) is 0.656. The van der Waals surface area contributed by atoms with E-state index in [0.717, 1.165) is 6.42 Å². The fourth-order valence-corrected chi connectivity index (χ4v) is 2.36. The van der Waals surface area contributed by atoms with E-state index in [1.807, 2.05) is 0 Å². The molecule has 3 heteroatoms. The van der Waals surface area contributed by atoms with Gasteiger partial charge in [0.25, 0.3) is 0 Å². The maximum absolute atomic E-state index is 11.1. The van der Waals surface area contributed by atoms with Gasteiger partial charge in [0.2, 0.25) is 0 Å². The van der Waals surface area contributed by atoms with E-state index in [1.54, 1.807) is 0 Å². The first-order valence-electron chi connectivity index (χ1n) is 6.08. The summed E-state index contributed by atoms with van der Waals surface area (Å²) >= 11 is 0. The molecule has 0 radical (unpaired) electrons. The minimum atomic E-state index is -0.0722. The second-order valence-corrected chi connectivity index (χ2v) is 4.30. The van der Waals surface area contributed by atoms with Crippen molar-refractivity contribution in [2.24, 2.45) is 0 Å². The Morgan fingerprint density at radius 1 is 1.47 bits per heavy atom. The van der Waals surface area contributed by atoms with E-state index in [4.69, 9.17) is 0 Å². The van der Waals surface area contributed by atoms with Crippen molar-refractivity contribution in [3.05, 3.63) is 0 Å². The second kappa shape index (κ2) is 6.83. The summed E-state index contributed by atoms with van der Waals surface area (Å²) in [7, 11) is 1.47. The van der Waals surface area contributed by atoms with E-state index in [9.17, 15) is 4.79 Å². The number of hydrogen-bond acceptors (Lipinski definition) is 3. The highest BCUT2D eigenvalue weighted by Gasteiger charge is 2.21. The molecule has 0 aromatic carbocycles. The molecule has 0 saturated carbocycles. The number of hydrogen-bond donors (Lipinski definition) is 0. The molecule has 88 valence electrons. The smallest absolute Gasteiger partial charge is 0.305 e. The van der Waals surface area contributed by atoms with E-state index >= 15 is 0 Å². The van der Waals surface area contributed by atoms with Gasteiger partial charge in [0, 0.05) is 12.5 Å². The van der Waals surface area contributed by atoms with Crippen LogP contribution in [0.15, 0.2) is 0 Å². The molecule has 1 rings (SSSR count). The topological polar surface area (TPSA) is 29.5 Å². The molecule has 1 unspecified atom stereocenters. The standard InChI is InChI=1S/C12H23NO2/c1-3-9-13-10-5-4-6-11(13)7-8-12(14)15-2/h11H,3-10H2,1-2H3. The molecule has 1 fully saturated rings. The predicted octanol–water partition coefficient (Wildman–Crippen LogP) is 2.20. The van der Waals surface area contributed by atoms with Crippen LogP contribution in [0, 0.1) is 0 Å². The van der Waals surface area contributed by atoms with Crippen LogP contribution in [-0.4, -0.2) is 37.1 Å². The van der Waals surface area contributed by atoms with Crippen LogP contribution in [0.4, 0.5) is 0 Å². The lowest BCUT2D eigenvalue weighted by atomic mass is 9.98. The van der Waals surface area contributed by atoms with Gasteiger partial charge in [-0.3, -0.25) is 4.79 Å². The van der Waals surface area contributed by atoms with E-state index in [-0.39, 0.29) is 5.97 Å². The third-order valence-corrected chi connectivity index (χ3v) is 3.17.